The lowest BCUT2D eigenvalue weighted by Gasteiger charge is -2.27. The molecule has 2 nitrogen and oxygen atoms in total. The zero-order chi connectivity index (χ0) is 16.1. The van der Waals surface area contributed by atoms with Gasteiger partial charge < -0.3 is 10.4 Å². The number of benzene rings is 3. The molecule has 2 atom stereocenters. The largest absolute Gasteiger partial charge is 0.396 e. The lowest BCUT2D eigenvalue weighted by molar-refractivity contribution is 0.246. The predicted octanol–water partition coefficient (Wildman–Crippen LogP) is 3.92. The molecule has 2 heteroatoms. The molecule has 0 fully saturated rings. The molecular weight excluding hydrogens is 282 g/mol. The number of aliphatic hydroxyl groups is 1. The van der Waals surface area contributed by atoms with Gasteiger partial charge in [-0.1, -0.05) is 72.8 Å². The summed E-state index contributed by atoms with van der Waals surface area (Å²) >= 11 is 0. The van der Waals surface area contributed by atoms with Gasteiger partial charge in [0.1, 0.15) is 0 Å². The Labute approximate surface area is 137 Å². The van der Waals surface area contributed by atoms with Crippen LogP contribution in [-0.2, 0) is 0 Å². The average molecular weight is 305 g/mol. The van der Waals surface area contributed by atoms with E-state index in [0.29, 0.717) is 0 Å². The van der Waals surface area contributed by atoms with E-state index in [0.717, 1.165) is 6.54 Å². The zero-order valence-electron chi connectivity index (χ0n) is 13.4. The van der Waals surface area contributed by atoms with E-state index in [1.54, 1.807) is 0 Å². The second-order valence-electron chi connectivity index (χ2n) is 5.97. The van der Waals surface area contributed by atoms with Crippen molar-refractivity contribution in [3.05, 3.63) is 83.9 Å². The third kappa shape index (κ3) is 3.44. The molecule has 0 spiro atoms. The molecule has 0 saturated heterocycles. The minimum absolute atomic E-state index is 0.0878. The van der Waals surface area contributed by atoms with Crippen LogP contribution in [0.5, 0.6) is 0 Å². The maximum Gasteiger partial charge on any atom is 0.0506 e. The van der Waals surface area contributed by atoms with Gasteiger partial charge in [-0.3, -0.25) is 0 Å². The second kappa shape index (κ2) is 7.40. The van der Waals surface area contributed by atoms with Crippen LogP contribution in [0.4, 0.5) is 0 Å². The van der Waals surface area contributed by atoms with Gasteiger partial charge in [-0.15, -0.1) is 0 Å². The van der Waals surface area contributed by atoms with Crippen molar-refractivity contribution in [1.29, 1.82) is 0 Å². The summed E-state index contributed by atoms with van der Waals surface area (Å²) in [5.41, 5.74) is 2.45. The van der Waals surface area contributed by atoms with Gasteiger partial charge in [0.05, 0.1) is 6.61 Å². The van der Waals surface area contributed by atoms with Crippen molar-refractivity contribution in [3.8, 4) is 0 Å². The highest BCUT2D eigenvalue weighted by molar-refractivity contribution is 5.83. The zero-order valence-corrected chi connectivity index (χ0v) is 13.4. The van der Waals surface area contributed by atoms with Crippen molar-refractivity contribution in [1.82, 2.24) is 5.32 Å². The monoisotopic (exact) mass is 305 g/mol. The molecule has 23 heavy (non-hydrogen) atoms. The van der Waals surface area contributed by atoms with Crippen molar-refractivity contribution in [3.63, 3.8) is 0 Å². The van der Waals surface area contributed by atoms with Crippen LogP contribution in [0.3, 0.4) is 0 Å². The van der Waals surface area contributed by atoms with Crippen LogP contribution in [0.1, 0.15) is 23.0 Å². The highest BCUT2D eigenvalue weighted by atomic mass is 16.3. The molecule has 3 rings (SSSR count). The van der Waals surface area contributed by atoms with Gasteiger partial charge in [-0.25, -0.2) is 0 Å². The van der Waals surface area contributed by atoms with Crippen molar-refractivity contribution in [2.75, 3.05) is 20.2 Å². The van der Waals surface area contributed by atoms with E-state index in [1.165, 1.54) is 21.9 Å². The minimum Gasteiger partial charge on any atom is -0.396 e. The first-order valence-corrected chi connectivity index (χ1v) is 8.12. The molecule has 1 unspecified atom stereocenters. The average Bonchev–Trinajstić information content (AvgIpc) is 2.62. The Kier molecular flexibility index (Phi) is 5.06. The Morgan fingerprint density at radius 3 is 2.17 bits per heavy atom. The van der Waals surface area contributed by atoms with Crippen molar-refractivity contribution < 1.29 is 5.11 Å². The highest BCUT2D eigenvalue weighted by Crippen LogP contribution is 2.33. The van der Waals surface area contributed by atoms with Gasteiger partial charge in [0.15, 0.2) is 0 Å². The van der Waals surface area contributed by atoms with Gasteiger partial charge in [-0.05, 0) is 28.9 Å². The number of rotatable bonds is 6. The molecule has 118 valence electrons. The molecule has 0 aliphatic carbocycles. The van der Waals surface area contributed by atoms with Crippen molar-refractivity contribution >= 4 is 10.8 Å². The number of aliphatic hydroxyl groups excluding tert-OH is 1. The van der Waals surface area contributed by atoms with Crippen molar-refractivity contribution in [2.45, 2.75) is 11.8 Å². The maximum absolute atomic E-state index is 10.0. The molecule has 3 aromatic rings. The van der Waals surface area contributed by atoms with E-state index < -0.39 is 0 Å². The van der Waals surface area contributed by atoms with E-state index in [1.807, 2.05) is 25.2 Å². The first kappa shape index (κ1) is 15.7. The molecule has 0 aliphatic rings. The van der Waals surface area contributed by atoms with Gasteiger partial charge in [0.2, 0.25) is 0 Å². The standard InChI is InChI=1S/C21H23NO/c1-22-14-20(21(15-23)17-8-3-2-4-9-17)19-12-11-16-7-5-6-10-18(16)13-19/h2-13,20-23H,14-15H2,1H3/t20?,21-/m1/s1. The fourth-order valence-corrected chi connectivity index (χ4v) is 3.32. The molecule has 0 heterocycles. The molecule has 0 saturated carbocycles. The summed E-state index contributed by atoms with van der Waals surface area (Å²) in [7, 11) is 1.97. The predicted molar refractivity (Wildman–Crippen MR) is 96.9 cm³/mol. The summed E-state index contributed by atoms with van der Waals surface area (Å²) in [6.45, 7) is 0.974. The van der Waals surface area contributed by atoms with Crippen LogP contribution in [-0.4, -0.2) is 25.3 Å². The van der Waals surface area contributed by atoms with Gasteiger partial charge in [-0.2, -0.15) is 0 Å². The van der Waals surface area contributed by atoms with E-state index >= 15 is 0 Å². The molecule has 0 bridgehead atoms. The second-order valence-corrected chi connectivity index (χ2v) is 5.97. The Balaban J connectivity index is 2.01. The lowest BCUT2D eigenvalue weighted by atomic mass is 9.81. The Hall–Kier alpha value is -2.16. The van der Waals surface area contributed by atoms with Crippen LogP contribution in [0.25, 0.3) is 10.8 Å². The Morgan fingerprint density at radius 1 is 0.783 bits per heavy atom. The number of likely N-dealkylation sites (N-methyl/N-ethyl adjacent to an activating group) is 1. The van der Waals surface area contributed by atoms with E-state index in [4.69, 9.17) is 0 Å². The minimum atomic E-state index is 0.0878. The molecular formula is C21H23NO. The summed E-state index contributed by atoms with van der Waals surface area (Å²) in [5, 5.41) is 15.8. The van der Waals surface area contributed by atoms with E-state index in [9.17, 15) is 5.11 Å². The third-order valence-electron chi connectivity index (χ3n) is 4.54. The fourth-order valence-electron chi connectivity index (χ4n) is 3.32. The molecule has 2 N–H and O–H groups in total. The van der Waals surface area contributed by atoms with Crippen molar-refractivity contribution in [2.24, 2.45) is 0 Å². The van der Waals surface area contributed by atoms with Crippen LogP contribution >= 0.6 is 0 Å². The summed E-state index contributed by atoms with van der Waals surface area (Å²) < 4.78 is 0. The smallest absolute Gasteiger partial charge is 0.0506 e. The number of hydrogen-bond donors (Lipinski definition) is 2. The molecule has 3 aromatic carbocycles. The van der Waals surface area contributed by atoms with Gasteiger partial charge in [0, 0.05) is 18.4 Å². The van der Waals surface area contributed by atoms with Crippen LogP contribution < -0.4 is 5.32 Å². The van der Waals surface area contributed by atoms with Crippen LogP contribution in [0.15, 0.2) is 72.8 Å². The normalized spacial score (nSPS) is 13.8. The summed E-state index contributed by atoms with van der Waals surface area (Å²) in [5.74, 6) is 0.321. The van der Waals surface area contributed by atoms with Gasteiger partial charge in [0.25, 0.3) is 0 Å². The SMILES string of the molecule is CNCC(c1ccc2ccccc2c1)[C@H](CO)c1ccccc1. The summed E-state index contributed by atoms with van der Waals surface area (Å²) in [6, 6.07) is 25.3. The molecule has 0 radical (unpaired) electrons. The number of nitrogens with one attached hydrogen (secondary N) is 1. The molecule has 0 aliphatic heterocycles. The highest BCUT2D eigenvalue weighted by Gasteiger charge is 2.23. The number of hydrogen-bond acceptors (Lipinski definition) is 2. The Morgan fingerprint density at radius 2 is 1.48 bits per heavy atom. The molecule has 0 amide bonds. The first-order chi connectivity index (χ1) is 11.3. The quantitative estimate of drug-likeness (QED) is 0.723. The maximum atomic E-state index is 10.0. The van der Waals surface area contributed by atoms with E-state index in [-0.39, 0.29) is 18.4 Å². The third-order valence-corrected chi connectivity index (χ3v) is 4.54. The lowest BCUT2D eigenvalue weighted by Crippen LogP contribution is -2.25. The van der Waals surface area contributed by atoms with Crippen LogP contribution in [0, 0.1) is 0 Å². The molecule has 0 aromatic heterocycles. The summed E-state index contributed by atoms with van der Waals surface area (Å²) in [4.78, 5) is 0. The first-order valence-electron chi connectivity index (χ1n) is 8.12. The van der Waals surface area contributed by atoms with E-state index in [2.05, 4.69) is 59.9 Å². The summed E-state index contributed by atoms with van der Waals surface area (Å²) in [6.07, 6.45) is 0. The fraction of sp³-hybridized carbons (Fsp3) is 0.238. The number of fused-ring (bicyclic) bond motifs is 1. The topological polar surface area (TPSA) is 32.3 Å². The Bertz CT molecular complexity index is 754. The van der Waals surface area contributed by atoms with Crippen LogP contribution in [0.2, 0.25) is 0 Å². The van der Waals surface area contributed by atoms with Gasteiger partial charge >= 0.3 is 0 Å².